The molecule has 0 atom stereocenters. The number of thiophene rings is 1. The molecule has 0 spiro atoms. The zero-order chi connectivity index (χ0) is 14.1. The van der Waals surface area contributed by atoms with Crippen molar-refractivity contribution >= 4 is 11.3 Å². The summed E-state index contributed by atoms with van der Waals surface area (Å²) < 4.78 is 11.0. The summed E-state index contributed by atoms with van der Waals surface area (Å²) in [6.45, 7) is 12.5. The second-order valence-electron chi connectivity index (χ2n) is 5.64. The van der Waals surface area contributed by atoms with Gasteiger partial charge in [0, 0.05) is 28.4 Å². The summed E-state index contributed by atoms with van der Waals surface area (Å²) in [5, 5.41) is 3.49. The molecule has 4 heteroatoms. The molecular weight excluding hydrogens is 258 g/mol. The van der Waals surface area contributed by atoms with E-state index in [0.29, 0.717) is 19.8 Å². The van der Waals surface area contributed by atoms with Gasteiger partial charge in [0.05, 0.1) is 19.8 Å². The van der Waals surface area contributed by atoms with Gasteiger partial charge >= 0.3 is 0 Å². The van der Waals surface area contributed by atoms with Crippen LogP contribution in [0.2, 0.25) is 0 Å². The lowest BCUT2D eigenvalue weighted by Crippen LogP contribution is -2.34. The first-order valence-electron chi connectivity index (χ1n) is 6.99. The van der Waals surface area contributed by atoms with Crippen LogP contribution >= 0.6 is 11.3 Å². The minimum atomic E-state index is 0.164. The number of rotatable bonds is 9. The molecule has 0 radical (unpaired) electrons. The second-order valence-corrected chi connectivity index (χ2v) is 6.89. The highest BCUT2D eigenvalue weighted by Gasteiger charge is 2.09. The zero-order valence-electron chi connectivity index (χ0n) is 12.6. The van der Waals surface area contributed by atoms with E-state index in [-0.39, 0.29) is 5.54 Å². The van der Waals surface area contributed by atoms with Gasteiger partial charge in [-0.3, -0.25) is 0 Å². The Balaban J connectivity index is 2.16. The molecule has 0 unspecified atom stereocenters. The van der Waals surface area contributed by atoms with Crippen molar-refractivity contribution in [3.63, 3.8) is 0 Å². The topological polar surface area (TPSA) is 30.5 Å². The van der Waals surface area contributed by atoms with E-state index in [4.69, 9.17) is 9.47 Å². The standard InChI is InChI=1S/C15H27NO2S/c1-5-8-17-9-10-18-12-14-7-6-13(19-14)11-16-15(2,3)4/h6-7,16H,5,8-12H2,1-4H3. The molecule has 0 fully saturated rings. The van der Waals surface area contributed by atoms with Gasteiger partial charge in [0.1, 0.15) is 0 Å². The summed E-state index contributed by atoms with van der Waals surface area (Å²) in [5.74, 6) is 0. The maximum Gasteiger partial charge on any atom is 0.0810 e. The molecule has 110 valence electrons. The molecule has 19 heavy (non-hydrogen) atoms. The zero-order valence-corrected chi connectivity index (χ0v) is 13.4. The van der Waals surface area contributed by atoms with Gasteiger partial charge in [0.2, 0.25) is 0 Å². The Morgan fingerprint density at radius 1 is 1.05 bits per heavy atom. The molecule has 0 saturated heterocycles. The quantitative estimate of drug-likeness (QED) is 0.704. The van der Waals surface area contributed by atoms with E-state index in [2.05, 4.69) is 45.1 Å². The Hall–Kier alpha value is -0.420. The Bertz CT molecular complexity index is 344. The molecule has 0 aromatic carbocycles. The third-order valence-electron chi connectivity index (χ3n) is 2.48. The predicted octanol–water partition coefficient (Wildman–Crippen LogP) is 3.58. The first kappa shape index (κ1) is 16.6. The number of hydrogen-bond donors (Lipinski definition) is 1. The maximum atomic E-state index is 5.59. The third kappa shape index (κ3) is 8.37. The SMILES string of the molecule is CCCOCCOCc1ccc(CNC(C)(C)C)s1. The predicted molar refractivity (Wildman–Crippen MR) is 81.7 cm³/mol. The van der Waals surface area contributed by atoms with Crippen molar-refractivity contribution in [1.29, 1.82) is 0 Å². The van der Waals surface area contributed by atoms with Crippen LogP contribution in [0.3, 0.4) is 0 Å². The van der Waals surface area contributed by atoms with E-state index in [1.54, 1.807) is 0 Å². The van der Waals surface area contributed by atoms with Crippen LogP contribution in [0.1, 0.15) is 43.9 Å². The maximum absolute atomic E-state index is 5.59. The summed E-state index contributed by atoms with van der Waals surface area (Å²) in [7, 11) is 0. The van der Waals surface area contributed by atoms with Crippen LogP contribution in [0.4, 0.5) is 0 Å². The van der Waals surface area contributed by atoms with Crippen molar-refractivity contribution < 1.29 is 9.47 Å². The van der Waals surface area contributed by atoms with E-state index < -0.39 is 0 Å². The largest absolute Gasteiger partial charge is 0.379 e. The van der Waals surface area contributed by atoms with Gasteiger partial charge in [-0.2, -0.15) is 0 Å². The summed E-state index contributed by atoms with van der Waals surface area (Å²) >= 11 is 1.81. The molecule has 3 nitrogen and oxygen atoms in total. The van der Waals surface area contributed by atoms with E-state index in [1.165, 1.54) is 9.75 Å². The van der Waals surface area contributed by atoms with E-state index >= 15 is 0 Å². The monoisotopic (exact) mass is 285 g/mol. The van der Waals surface area contributed by atoms with Gasteiger partial charge in [-0.1, -0.05) is 6.92 Å². The van der Waals surface area contributed by atoms with Crippen LogP contribution in [-0.2, 0) is 22.6 Å². The van der Waals surface area contributed by atoms with Crippen LogP contribution < -0.4 is 5.32 Å². The fourth-order valence-electron chi connectivity index (χ4n) is 1.48. The van der Waals surface area contributed by atoms with Gasteiger partial charge in [-0.05, 0) is 39.3 Å². The average molecular weight is 285 g/mol. The molecule has 0 aliphatic rings. The van der Waals surface area contributed by atoms with Crippen molar-refractivity contribution in [3.05, 3.63) is 21.9 Å². The summed E-state index contributed by atoms with van der Waals surface area (Å²) in [4.78, 5) is 2.64. The lowest BCUT2D eigenvalue weighted by atomic mass is 10.1. The molecule has 0 aliphatic carbocycles. The number of ether oxygens (including phenoxy) is 2. The molecule has 1 aromatic heterocycles. The summed E-state index contributed by atoms with van der Waals surface area (Å²) in [5.41, 5.74) is 0.164. The van der Waals surface area contributed by atoms with Crippen LogP contribution in [0, 0.1) is 0 Å². The lowest BCUT2D eigenvalue weighted by molar-refractivity contribution is 0.0417. The van der Waals surface area contributed by atoms with Crippen LogP contribution in [0.15, 0.2) is 12.1 Å². The smallest absolute Gasteiger partial charge is 0.0810 e. The molecule has 1 aromatic rings. The Labute approximate surface area is 121 Å². The van der Waals surface area contributed by atoms with Gasteiger partial charge < -0.3 is 14.8 Å². The molecule has 1 heterocycles. The fraction of sp³-hybridized carbons (Fsp3) is 0.733. The molecule has 0 amide bonds. The molecule has 1 rings (SSSR count). The van der Waals surface area contributed by atoms with Crippen molar-refractivity contribution in [2.24, 2.45) is 0 Å². The highest BCUT2D eigenvalue weighted by atomic mass is 32.1. The highest BCUT2D eigenvalue weighted by Crippen LogP contribution is 2.18. The molecule has 0 aliphatic heterocycles. The Kier molecular flexibility index (Phi) is 7.61. The van der Waals surface area contributed by atoms with E-state index in [0.717, 1.165) is 19.6 Å². The molecule has 1 N–H and O–H groups in total. The summed E-state index contributed by atoms with van der Waals surface area (Å²) in [6, 6.07) is 4.33. The fourth-order valence-corrected chi connectivity index (χ4v) is 2.38. The van der Waals surface area contributed by atoms with Gasteiger partial charge in [-0.15, -0.1) is 11.3 Å². The minimum Gasteiger partial charge on any atom is -0.379 e. The first-order chi connectivity index (χ1) is 9.01. The molecule has 0 bridgehead atoms. The third-order valence-corrected chi connectivity index (χ3v) is 3.53. The first-order valence-corrected chi connectivity index (χ1v) is 7.81. The summed E-state index contributed by atoms with van der Waals surface area (Å²) in [6.07, 6.45) is 1.06. The molecule has 0 saturated carbocycles. The van der Waals surface area contributed by atoms with Crippen molar-refractivity contribution in [2.45, 2.75) is 52.8 Å². The second kappa shape index (κ2) is 8.69. The Morgan fingerprint density at radius 2 is 1.74 bits per heavy atom. The van der Waals surface area contributed by atoms with Gasteiger partial charge in [-0.25, -0.2) is 0 Å². The van der Waals surface area contributed by atoms with E-state index in [1.807, 2.05) is 11.3 Å². The number of nitrogens with one attached hydrogen (secondary N) is 1. The van der Waals surface area contributed by atoms with Crippen molar-refractivity contribution in [2.75, 3.05) is 19.8 Å². The lowest BCUT2D eigenvalue weighted by Gasteiger charge is -2.19. The average Bonchev–Trinajstić information content (AvgIpc) is 2.78. The Morgan fingerprint density at radius 3 is 2.42 bits per heavy atom. The van der Waals surface area contributed by atoms with Crippen LogP contribution in [0.5, 0.6) is 0 Å². The van der Waals surface area contributed by atoms with Crippen molar-refractivity contribution in [3.8, 4) is 0 Å². The van der Waals surface area contributed by atoms with Gasteiger partial charge in [0.15, 0.2) is 0 Å². The van der Waals surface area contributed by atoms with Crippen LogP contribution in [0.25, 0.3) is 0 Å². The highest BCUT2D eigenvalue weighted by molar-refractivity contribution is 7.11. The van der Waals surface area contributed by atoms with Gasteiger partial charge in [0.25, 0.3) is 0 Å². The van der Waals surface area contributed by atoms with Crippen LogP contribution in [-0.4, -0.2) is 25.4 Å². The van der Waals surface area contributed by atoms with Crippen molar-refractivity contribution in [1.82, 2.24) is 5.32 Å². The minimum absolute atomic E-state index is 0.164. The number of hydrogen-bond acceptors (Lipinski definition) is 4. The normalized spacial score (nSPS) is 12.0. The van der Waals surface area contributed by atoms with E-state index in [9.17, 15) is 0 Å². The molecular formula is C15H27NO2S.